The molecule has 7 nitrogen and oxygen atoms in total. The molecule has 0 bridgehead atoms. The summed E-state index contributed by atoms with van der Waals surface area (Å²) in [6.07, 6.45) is 3.44. The van der Waals surface area contributed by atoms with Gasteiger partial charge in [-0.1, -0.05) is 35.5 Å². The summed E-state index contributed by atoms with van der Waals surface area (Å²) >= 11 is 0. The van der Waals surface area contributed by atoms with E-state index in [1.165, 1.54) is 0 Å². The number of fused-ring (bicyclic) bond motifs is 1. The van der Waals surface area contributed by atoms with Gasteiger partial charge in [-0.3, -0.25) is 9.59 Å². The van der Waals surface area contributed by atoms with Crippen LogP contribution in [0.25, 0.3) is 10.8 Å². The highest BCUT2D eigenvalue weighted by molar-refractivity contribution is 5.99. The van der Waals surface area contributed by atoms with Crippen LogP contribution in [-0.2, 0) is 11.3 Å². The molecule has 0 atom stereocenters. The van der Waals surface area contributed by atoms with Gasteiger partial charge in [0.2, 0.25) is 5.91 Å². The minimum Gasteiger partial charge on any atom is -0.337 e. The third-order valence-corrected chi connectivity index (χ3v) is 5.60. The van der Waals surface area contributed by atoms with Crippen LogP contribution in [0.3, 0.4) is 0 Å². The van der Waals surface area contributed by atoms with Crippen LogP contribution < -0.4 is 0 Å². The Morgan fingerprint density at radius 2 is 1.93 bits per heavy atom. The highest BCUT2D eigenvalue weighted by Crippen LogP contribution is 2.24. The predicted molar refractivity (Wildman–Crippen MR) is 104 cm³/mol. The topological polar surface area (TPSA) is 71.3 Å². The molecule has 7 heteroatoms. The Hall–Kier alpha value is -3.22. The third kappa shape index (κ3) is 3.02. The van der Waals surface area contributed by atoms with Crippen molar-refractivity contribution in [3.8, 4) is 0 Å². The molecule has 1 aromatic heterocycles. The van der Waals surface area contributed by atoms with E-state index in [-0.39, 0.29) is 17.9 Å². The van der Waals surface area contributed by atoms with E-state index in [0.29, 0.717) is 31.6 Å². The average Bonchev–Trinajstić information content (AvgIpc) is 3.30. The first-order chi connectivity index (χ1) is 13.7. The number of carbonyl (C=O) groups is 2. The molecule has 0 saturated carbocycles. The maximum atomic E-state index is 12.8. The average molecular weight is 375 g/mol. The molecule has 2 aliphatic rings. The Morgan fingerprint density at radius 3 is 2.71 bits per heavy atom. The highest BCUT2D eigenvalue weighted by Gasteiger charge is 2.33. The largest absolute Gasteiger partial charge is 0.337 e. The van der Waals surface area contributed by atoms with Crippen LogP contribution in [0.4, 0.5) is 0 Å². The zero-order valence-electron chi connectivity index (χ0n) is 15.5. The van der Waals surface area contributed by atoms with Crippen molar-refractivity contribution < 1.29 is 9.59 Å². The molecule has 2 amide bonds. The zero-order chi connectivity index (χ0) is 19.1. The Balaban J connectivity index is 1.22. The number of hydrogen-bond donors (Lipinski definition) is 0. The van der Waals surface area contributed by atoms with E-state index < -0.39 is 0 Å². The first-order valence-corrected chi connectivity index (χ1v) is 9.64. The molecule has 3 heterocycles. The molecule has 0 spiro atoms. The summed E-state index contributed by atoms with van der Waals surface area (Å²) in [6.45, 7) is 2.56. The van der Waals surface area contributed by atoms with E-state index in [9.17, 15) is 9.59 Å². The van der Waals surface area contributed by atoms with E-state index in [4.69, 9.17) is 0 Å². The van der Waals surface area contributed by atoms with Crippen LogP contribution >= 0.6 is 0 Å². The number of likely N-dealkylation sites (tertiary alicyclic amines) is 2. The molecule has 3 aromatic rings. The van der Waals surface area contributed by atoms with Gasteiger partial charge >= 0.3 is 0 Å². The summed E-state index contributed by atoms with van der Waals surface area (Å²) < 4.78 is 1.82. The number of aromatic nitrogens is 3. The Kier molecular flexibility index (Phi) is 4.07. The molecule has 2 fully saturated rings. The second-order valence-corrected chi connectivity index (χ2v) is 7.53. The van der Waals surface area contributed by atoms with Gasteiger partial charge in [-0.25, -0.2) is 4.68 Å². The molecule has 5 rings (SSSR count). The lowest BCUT2D eigenvalue weighted by Crippen LogP contribution is -2.50. The van der Waals surface area contributed by atoms with Crippen LogP contribution in [0, 0.1) is 0 Å². The van der Waals surface area contributed by atoms with Crippen LogP contribution in [-0.4, -0.2) is 56.2 Å². The summed E-state index contributed by atoms with van der Waals surface area (Å²) in [4.78, 5) is 28.2. The third-order valence-electron chi connectivity index (χ3n) is 5.60. The van der Waals surface area contributed by atoms with E-state index >= 15 is 0 Å². The van der Waals surface area contributed by atoms with Gasteiger partial charge in [-0.15, -0.1) is 5.10 Å². The standard InChI is InChI=1S/C21H21N5O2/c27-20-6-3-9-24(20)11-18-12-26(23-22-18)19-13-25(14-19)21(28)17-8-7-15-4-1-2-5-16(15)10-17/h1-2,4-5,7-8,10,12,19H,3,6,9,11,13-14H2. The van der Waals surface area contributed by atoms with Crippen molar-refractivity contribution in [2.75, 3.05) is 19.6 Å². The molecule has 0 aliphatic carbocycles. The SMILES string of the molecule is O=C1CCCN1Cc1cn(C2CN(C(=O)c3ccc4ccccc4c3)C2)nn1. The quantitative estimate of drug-likeness (QED) is 0.701. The molecule has 0 unspecified atom stereocenters. The molecular weight excluding hydrogens is 354 g/mol. The molecule has 0 N–H and O–H groups in total. The second kappa shape index (κ2) is 6.74. The zero-order valence-corrected chi connectivity index (χ0v) is 15.5. The summed E-state index contributed by atoms with van der Waals surface area (Å²) in [5, 5.41) is 10.6. The lowest BCUT2D eigenvalue weighted by atomic mass is 10.0. The van der Waals surface area contributed by atoms with Crippen molar-refractivity contribution in [2.24, 2.45) is 0 Å². The molecule has 2 saturated heterocycles. The lowest BCUT2D eigenvalue weighted by Gasteiger charge is -2.38. The first-order valence-electron chi connectivity index (χ1n) is 9.64. The number of hydrogen-bond acceptors (Lipinski definition) is 4. The number of benzene rings is 2. The van der Waals surface area contributed by atoms with Crippen LogP contribution in [0.5, 0.6) is 0 Å². The van der Waals surface area contributed by atoms with Gasteiger partial charge in [0.1, 0.15) is 5.69 Å². The monoisotopic (exact) mass is 375 g/mol. The maximum absolute atomic E-state index is 12.8. The molecule has 142 valence electrons. The summed E-state index contributed by atoms with van der Waals surface area (Å²) in [5.74, 6) is 0.232. The number of nitrogens with zero attached hydrogens (tertiary/aromatic N) is 5. The minimum absolute atomic E-state index is 0.0463. The molecule has 2 aliphatic heterocycles. The Labute approximate surface area is 162 Å². The Bertz CT molecular complexity index is 1050. The van der Waals surface area contributed by atoms with Gasteiger partial charge in [0, 0.05) is 31.6 Å². The molecular formula is C21H21N5O2. The van der Waals surface area contributed by atoms with Gasteiger partial charge < -0.3 is 9.80 Å². The number of carbonyl (C=O) groups excluding carboxylic acids is 2. The van der Waals surface area contributed by atoms with Gasteiger partial charge in [-0.2, -0.15) is 0 Å². The van der Waals surface area contributed by atoms with Crippen molar-refractivity contribution >= 4 is 22.6 Å². The molecule has 0 radical (unpaired) electrons. The lowest BCUT2D eigenvalue weighted by molar-refractivity contribution is -0.128. The van der Waals surface area contributed by atoms with Crippen molar-refractivity contribution in [1.29, 1.82) is 0 Å². The smallest absolute Gasteiger partial charge is 0.254 e. The minimum atomic E-state index is 0.0463. The summed E-state index contributed by atoms with van der Waals surface area (Å²) in [5.41, 5.74) is 1.51. The van der Waals surface area contributed by atoms with Crippen LogP contribution in [0.1, 0.15) is 34.9 Å². The van der Waals surface area contributed by atoms with Gasteiger partial charge in [0.15, 0.2) is 0 Å². The second-order valence-electron chi connectivity index (χ2n) is 7.53. The maximum Gasteiger partial charge on any atom is 0.254 e. The predicted octanol–water partition coefficient (Wildman–Crippen LogP) is 2.25. The van der Waals surface area contributed by atoms with Crippen molar-refractivity contribution in [2.45, 2.75) is 25.4 Å². The fourth-order valence-electron chi connectivity index (χ4n) is 3.92. The Morgan fingerprint density at radius 1 is 1.11 bits per heavy atom. The summed E-state index contributed by atoms with van der Waals surface area (Å²) in [7, 11) is 0. The summed E-state index contributed by atoms with van der Waals surface area (Å²) in [6, 6.07) is 14.0. The van der Waals surface area contributed by atoms with Gasteiger partial charge in [0.25, 0.3) is 5.91 Å². The van der Waals surface area contributed by atoms with Crippen LogP contribution in [0.2, 0.25) is 0 Å². The van der Waals surface area contributed by atoms with Crippen LogP contribution in [0.15, 0.2) is 48.7 Å². The normalized spacial score (nSPS) is 17.4. The van der Waals surface area contributed by atoms with E-state index in [1.54, 1.807) is 0 Å². The fourth-order valence-corrected chi connectivity index (χ4v) is 3.92. The van der Waals surface area contributed by atoms with Gasteiger partial charge in [0.05, 0.1) is 18.8 Å². The molecule has 28 heavy (non-hydrogen) atoms. The molecule has 2 aromatic carbocycles. The highest BCUT2D eigenvalue weighted by atomic mass is 16.2. The van der Waals surface area contributed by atoms with E-state index in [0.717, 1.165) is 29.4 Å². The van der Waals surface area contributed by atoms with Gasteiger partial charge in [-0.05, 0) is 29.3 Å². The first kappa shape index (κ1) is 16.9. The van der Waals surface area contributed by atoms with Crippen molar-refractivity contribution in [3.05, 3.63) is 59.9 Å². The number of rotatable bonds is 4. The fraction of sp³-hybridized carbons (Fsp3) is 0.333. The van der Waals surface area contributed by atoms with E-state index in [1.807, 2.05) is 63.1 Å². The number of amides is 2. The van der Waals surface area contributed by atoms with Crippen molar-refractivity contribution in [1.82, 2.24) is 24.8 Å². The van der Waals surface area contributed by atoms with E-state index in [2.05, 4.69) is 10.3 Å². The van der Waals surface area contributed by atoms with Crippen molar-refractivity contribution in [3.63, 3.8) is 0 Å².